The van der Waals surface area contributed by atoms with Crippen molar-refractivity contribution >= 4 is 55.0 Å². The maximum atomic E-state index is 13.6. The lowest BCUT2D eigenvalue weighted by molar-refractivity contribution is -0.0389. The van der Waals surface area contributed by atoms with E-state index in [1.807, 2.05) is 18.2 Å². The van der Waals surface area contributed by atoms with Crippen molar-refractivity contribution in [1.82, 2.24) is 13.9 Å². The van der Waals surface area contributed by atoms with E-state index in [4.69, 9.17) is 0 Å². The molecule has 0 radical (unpaired) electrons. The summed E-state index contributed by atoms with van der Waals surface area (Å²) < 4.78 is 27.3. The van der Waals surface area contributed by atoms with Crippen LogP contribution in [0.5, 0.6) is 0 Å². The van der Waals surface area contributed by atoms with Crippen LogP contribution in [0.3, 0.4) is 0 Å². The van der Waals surface area contributed by atoms with Gasteiger partial charge in [0.1, 0.15) is 15.4 Å². The predicted octanol–water partition coefficient (Wildman–Crippen LogP) is 4.40. The zero-order valence-electron chi connectivity index (χ0n) is 16.2. The molecule has 2 aliphatic rings. The van der Waals surface area contributed by atoms with Crippen LogP contribution in [-0.4, -0.2) is 36.1 Å². The van der Waals surface area contributed by atoms with Crippen molar-refractivity contribution in [3.63, 3.8) is 0 Å². The Kier molecular flexibility index (Phi) is 4.73. The van der Waals surface area contributed by atoms with Crippen LogP contribution in [0.25, 0.3) is 21.5 Å². The summed E-state index contributed by atoms with van der Waals surface area (Å²) in [5.41, 5.74) is 0.461. The molecule has 1 N–H and O–H groups in total. The van der Waals surface area contributed by atoms with Crippen LogP contribution in [-0.2, 0) is 15.6 Å². The number of pyridine rings is 1. The Balaban J connectivity index is 1.61. The van der Waals surface area contributed by atoms with Gasteiger partial charge in [-0.2, -0.15) is 0 Å². The highest BCUT2D eigenvalue weighted by atomic mass is 127. The highest BCUT2D eigenvalue weighted by molar-refractivity contribution is 14.1. The molecule has 0 saturated heterocycles. The van der Waals surface area contributed by atoms with E-state index in [0.717, 1.165) is 40.1 Å². The van der Waals surface area contributed by atoms with Gasteiger partial charge in [0.05, 0.1) is 8.80 Å². The average molecular weight is 553 g/mol. The summed E-state index contributed by atoms with van der Waals surface area (Å²) in [4.78, 5) is 9.74. The third-order valence-electron chi connectivity index (χ3n) is 6.09. The molecule has 2 atom stereocenters. The Morgan fingerprint density at radius 2 is 2.07 bits per heavy atom. The number of aromatic nitrogens is 3. The van der Waals surface area contributed by atoms with E-state index in [9.17, 15) is 13.5 Å². The van der Waals surface area contributed by atoms with Gasteiger partial charge in [-0.3, -0.25) is 0 Å². The van der Waals surface area contributed by atoms with E-state index in [0.29, 0.717) is 5.65 Å². The molecule has 3 aromatic rings. The summed E-state index contributed by atoms with van der Waals surface area (Å²) in [7, 11) is -3.75. The van der Waals surface area contributed by atoms with Gasteiger partial charge < -0.3 is 5.11 Å². The molecule has 30 heavy (non-hydrogen) atoms. The van der Waals surface area contributed by atoms with Gasteiger partial charge in [-0.05, 0) is 38.3 Å². The first-order chi connectivity index (χ1) is 14.3. The Labute approximate surface area is 192 Å². The topological polar surface area (TPSA) is 85.1 Å². The van der Waals surface area contributed by atoms with Crippen molar-refractivity contribution < 1.29 is 13.5 Å². The molecule has 5 rings (SSSR count). The van der Waals surface area contributed by atoms with Crippen LogP contribution >= 0.6 is 33.9 Å². The van der Waals surface area contributed by atoms with Crippen LogP contribution in [0.1, 0.15) is 31.2 Å². The normalized spacial score (nSPS) is 25.5. The van der Waals surface area contributed by atoms with Crippen molar-refractivity contribution in [2.75, 3.05) is 0 Å². The predicted molar refractivity (Wildman–Crippen MR) is 127 cm³/mol. The van der Waals surface area contributed by atoms with Gasteiger partial charge in [-0.1, -0.05) is 46.9 Å². The summed E-state index contributed by atoms with van der Waals surface area (Å²) in [6.07, 6.45) is 14.7. The minimum Gasteiger partial charge on any atom is -0.383 e. The van der Waals surface area contributed by atoms with Crippen molar-refractivity contribution in [2.24, 2.45) is 0 Å². The first kappa shape index (κ1) is 20.3. The molecule has 1 fully saturated rings. The molecule has 1 saturated carbocycles. The van der Waals surface area contributed by atoms with Crippen molar-refractivity contribution in [1.29, 1.82) is 0 Å². The number of rotatable bonds is 4. The minimum atomic E-state index is -3.75. The quantitative estimate of drug-likeness (QED) is 0.383. The molecule has 0 spiro atoms. The Bertz CT molecular complexity index is 1300. The number of halogens is 1. The number of alkyl halides is 1. The summed E-state index contributed by atoms with van der Waals surface area (Å²) in [6.45, 7) is 1.74. The minimum absolute atomic E-state index is 0.196. The maximum Gasteiger partial charge on any atom is 0.250 e. The monoisotopic (exact) mass is 553 g/mol. The van der Waals surface area contributed by atoms with Gasteiger partial charge in [-0.25, -0.2) is 22.4 Å². The first-order valence-electron chi connectivity index (χ1n) is 9.67. The molecule has 3 aromatic heterocycles. The summed E-state index contributed by atoms with van der Waals surface area (Å²) in [6, 6.07) is 3.66. The number of hydrogen-bond acceptors (Lipinski definition) is 6. The highest BCUT2D eigenvalue weighted by Crippen LogP contribution is 2.45. The third kappa shape index (κ3) is 2.85. The van der Waals surface area contributed by atoms with Crippen LogP contribution < -0.4 is 0 Å². The zero-order valence-corrected chi connectivity index (χ0v) is 20.0. The fraction of sp³-hybridized carbons (Fsp3) is 0.333. The second-order valence-corrected chi connectivity index (χ2v) is 12.6. The maximum absolute atomic E-state index is 13.6. The van der Waals surface area contributed by atoms with Gasteiger partial charge >= 0.3 is 0 Å². The first-order valence-corrected chi connectivity index (χ1v) is 13.2. The number of aliphatic hydroxyl groups is 1. The molecule has 0 aliphatic heterocycles. The van der Waals surface area contributed by atoms with Crippen LogP contribution in [0, 0.1) is 0 Å². The molecule has 0 amide bonds. The highest BCUT2D eigenvalue weighted by Gasteiger charge is 2.45. The van der Waals surface area contributed by atoms with Gasteiger partial charge in [0.25, 0.3) is 10.0 Å². The van der Waals surface area contributed by atoms with Crippen LogP contribution in [0.15, 0.2) is 55.0 Å². The number of thiazole rings is 1. The number of allylic oxidation sites excluding steroid dienone is 3. The molecule has 2 aliphatic carbocycles. The van der Waals surface area contributed by atoms with Crippen LogP contribution in [0.2, 0.25) is 0 Å². The van der Waals surface area contributed by atoms with E-state index in [2.05, 4.69) is 32.6 Å². The SMILES string of the molecule is CC1(S(=O)(=O)n2ccc3c(-c4cnc(C5(O)CCC5)s4)ccnc32)C=CC=CC1I. The summed E-state index contributed by atoms with van der Waals surface area (Å²) in [5, 5.41) is 12.1. The number of nitrogens with zero attached hydrogens (tertiary/aromatic N) is 3. The van der Waals surface area contributed by atoms with E-state index in [1.165, 1.54) is 15.3 Å². The molecular weight excluding hydrogens is 533 g/mol. The second-order valence-electron chi connectivity index (χ2n) is 7.96. The lowest BCUT2D eigenvalue weighted by atomic mass is 9.81. The fourth-order valence-corrected chi connectivity index (χ4v) is 8.04. The Morgan fingerprint density at radius 3 is 2.77 bits per heavy atom. The molecule has 6 nitrogen and oxygen atoms in total. The number of hydrogen-bond donors (Lipinski definition) is 1. The molecular formula is C21H20IN3O3S2. The largest absolute Gasteiger partial charge is 0.383 e. The molecule has 0 aromatic carbocycles. The van der Waals surface area contributed by atoms with E-state index in [1.54, 1.807) is 43.7 Å². The summed E-state index contributed by atoms with van der Waals surface area (Å²) >= 11 is 3.62. The van der Waals surface area contributed by atoms with Gasteiger partial charge in [0.15, 0.2) is 5.65 Å². The van der Waals surface area contributed by atoms with E-state index in [-0.39, 0.29) is 3.92 Å². The van der Waals surface area contributed by atoms with Gasteiger partial charge in [0.2, 0.25) is 0 Å². The van der Waals surface area contributed by atoms with E-state index >= 15 is 0 Å². The zero-order chi connectivity index (χ0) is 21.1. The molecule has 0 bridgehead atoms. The second kappa shape index (κ2) is 6.98. The lowest BCUT2D eigenvalue weighted by Crippen LogP contribution is -2.45. The van der Waals surface area contributed by atoms with E-state index < -0.39 is 20.4 Å². The molecule has 156 valence electrons. The molecule has 2 unspecified atom stereocenters. The fourth-order valence-electron chi connectivity index (χ4n) is 3.89. The summed E-state index contributed by atoms with van der Waals surface area (Å²) in [5.74, 6) is 0. The standard InChI is InChI=1S/C21H20IN3O3S2/c1-20(8-3-2-5-17(20)22)30(27,28)25-12-7-15-14(6-11-23-18(15)25)16-13-24-19(29-16)21(26)9-4-10-21/h2-3,5-8,11-13,17,26H,4,9-10H2,1H3. The van der Waals surface area contributed by atoms with Gasteiger partial charge in [-0.15, -0.1) is 11.3 Å². The van der Waals surface area contributed by atoms with Crippen LogP contribution in [0.4, 0.5) is 0 Å². The van der Waals surface area contributed by atoms with Crippen molar-refractivity contribution in [2.45, 2.75) is 40.5 Å². The van der Waals surface area contributed by atoms with Crippen molar-refractivity contribution in [3.05, 3.63) is 60.0 Å². The average Bonchev–Trinajstić information content (AvgIpc) is 3.35. The Morgan fingerprint density at radius 1 is 1.27 bits per heavy atom. The molecule has 9 heteroatoms. The Hall–Kier alpha value is -1.56. The molecule has 3 heterocycles. The number of fused-ring (bicyclic) bond motifs is 1. The van der Waals surface area contributed by atoms with Gasteiger partial charge in [0, 0.05) is 29.5 Å². The smallest absolute Gasteiger partial charge is 0.250 e. The van der Waals surface area contributed by atoms with Crippen molar-refractivity contribution in [3.8, 4) is 10.4 Å². The third-order valence-corrected chi connectivity index (χ3v) is 11.8. The lowest BCUT2D eigenvalue weighted by Gasteiger charge is -2.34.